The van der Waals surface area contributed by atoms with Gasteiger partial charge in [0.25, 0.3) is 5.91 Å². The van der Waals surface area contributed by atoms with Crippen LogP contribution in [0.2, 0.25) is 0 Å². The molecule has 0 fully saturated rings. The van der Waals surface area contributed by atoms with Crippen LogP contribution in [0.4, 0.5) is 0 Å². The summed E-state index contributed by atoms with van der Waals surface area (Å²) < 4.78 is 0. The quantitative estimate of drug-likeness (QED) is 0.272. The van der Waals surface area contributed by atoms with E-state index in [0.717, 1.165) is 0 Å². The average Bonchev–Trinajstić information content (AvgIpc) is 2.04. The smallest absolute Gasteiger partial charge is 0.252 e. The Morgan fingerprint density at radius 3 is 2.58 bits per heavy atom. The van der Waals surface area contributed by atoms with Gasteiger partial charge in [-0.2, -0.15) is 0 Å². The molecule has 0 radical (unpaired) electrons. The Labute approximate surface area is 71.9 Å². The highest BCUT2D eigenvalue weighted by atomic mass is 16.1. The first-order valence-electron chi connectivity index (χ1n) is 3.46. The molecule has 4 nitrogen and oxygen atoms in total. The number of carbonyl (C=O) groups excluding carboxylic acids is 1. The van der Waals surface area contributed by atoms with Gasteiger partial charge in [0.05, 0.1) is 11.4 Å². The van der Waals surface area contributed by atoms with Gasteiger partial charge >= 0.3 is 0 Å². The standard InChI is InChI=1S/C8H13N3O/c1-4-7(8(12)10-3)5-11-6(2)9/h4-5H,1H2,2-3H3,(H2,9,11)(H,10,12)/b7-5+. The number of nitrogens with zero attached hydrogens (tertiary/aromatic N) is 1. The Morgan fingerprint density at radius 2 is 2.25 bits per heavy atom. The Bertz CT molecular complexity index is 237. The highest BCUT2D eigenvalue weighted by Gasteiger charge is 2.00. The molecule has 3 N–H and O–H groups in total. The van der Waals surface area contributed by atoms with E-state index in [1.54, 1.807) is 14.0 Å². The number of hydrogen-bond donors (Lipinski definition) is 2. The van der Waals surface area contributed by atoms with Crippen LogP contribution in [-0.2, 0) is 4.79 Å². The summed E-state index contributed by atoms with van der Waals surface area (Å²) >= 11 is 0. The fraction of sp³-hybridized carbons (Fsp3) is 0.250. The molecule has 0 aromatic rings. The summed E-state index contributed by atoms with van der Waals surface area (Å²) in [5, 5.41) is 2.45. The van der Waals surface area contributed by atoms with Crippen LogP contribution in [0.5, 0.6) is 0 Å². The van der Waals surface area contributed by atoms with E-state index in [2.05, 4.69) is 16.9 Å². The lowest BCUT2D eigenvalue weighted by atomic mass is 10.3. The Kier molecular flexibility index (Phi) is 4.45. The molecule has 0 bridgehead atoms. The maximum absolute atomic E-state index is 11.0. The minimum absolute atomic E-state index is 0.227. The molecule has 0 aliphatic carbocycles. The summed E-state index contributed by atoms with van der Waals surface area (Å²) in [5.41, 5.74) is 5.67. The van der Waals surface area contributed by atoms with Crippen molar-refractivity contribution in [2.75, 3.05) is 7.05 Å². The number of rotatable bonds is 3. The van der Waals surface area contributed by atoms with Gasteiger partial charge in [0.15, 0.2) is 0 Å². The van der Waals surface area contributed by atoms with Crippen molar-refractivity contribution in [3.63, 3.8) is 0 Å². The molecule has 0 aromatic heterocycles. The van der Waals surface area contributed by atoms with Gasteiger partial charge in [-0.3, -0.25) is 4.79 Å². The van der Waals surface area contributed by atoms with Crippen LogP contribution in [-0.4, -0.2) is 18.8 Å². The molecule has 12 heavy (non-hydrogen) atoms. The number of nitrogens with one attached hydrogen (secondary N) is 1. The number of carbonyl (C=O) groups is 1. The van der Waals surface area contributed by atoms with E-state index in [9.17, 15) is 4.79 Å². The Balaban J connectivity index is 4.55. The lowest BCUT2D eigenvalue weighted by Crippen LogP contribution is -2.19. The first kappa shape index (κ1) is 10.4. The molecule has 0 aliphatic heterocycles. The largest absolute Gasteiger partial charge is 0.387 e. The van der Waals surface area contributed by atoms with Gasteiger partial charge in [-0.15, -0.1) is 0 Å². The zero-order valence-corrected chi connectivity index (χ0v) is 7.29. The van der Waals surface area contributed by atoms with Crippen LogP contribution in [0.15, 0.2) is 29.4 Å². The molecule has 1 amide bonds. The zero-order valence-electron chi connectivity index (χ0n) is 7.29. The van der Waals surface area contributed by atoms with Crippen molar-refractivity contribution in [3.8, 4) is 0 Å². The van der Waals surface area contributed by atoms with Gasteiger partial charge in [0, 0.05) is 13.2 Å². The van der Waals surface area contributed by atoms with Crippen LogP contribution in [0.3, 0.4) is 0 Å². The first-order chi connectivity index (χ1) is 5.61. The van der Waals surface area contributed by atoms with E-state index in [-0.39, 0.29) is 5.91 Å². The van der Waals surface area contributed by atoms with E-state index in [0.29, 0.717) is 11.4 Å². The molecule has 0 atom stereocenters. The van der Waals surface area contributed by atoms with Gasteiger partial charge in [-0.25, -0.2) is 4.99 Å². The van der Waals surface area contributed by atoms with Gasteiger partial charge < -0.3 is 11.1 Å². The number of hydrogen-bond acceptors (Lipinski definition) is 2. The average molecular weight is 167 g/mol. The van der Waals surface area contributed by atoms with Crippen molar-refractivity contribution in [2.45, 2.75) is 6.92 Å². The second-order valence-corrected chi connectivity index (χ2v) is 2.14. The minimum Gasteiger partial charge on any atom is -0.387 e. The summed E-state index contributed by atoms with van der Waals surface area (Å²) in [7, 11) is 1.54. The van der Waals surface area contributed by atoms with Crippen molar-refractivity contribution >= 4 is 11.7 Å². The molecule has 0 rings (SSSR count). The van der Waals surface area contributed by atoms with Crippen molar-refractivity contribution in [2.24, 2.45) is 10.7 Å². The third-order valence-corrected chi connectivity index (χ3v) is 1.12. The van der Waals surface area contributed by atoms with Crippen LogP contribution in [0.25, 0.3) is 0 Å². The van der Waals surface area contributed by atoms with E-state index in [1.807, 2.05) is 0 Å². The SMILES string of the molecule is C=C/C(=C\N=C(C)N)C(=O)NC. The highest BCUT2D eigenvalue weighted by molar-refractivity contribution is 5.96. The highest BCUT2D eigenvalue weighted by Crippen LogP contribution is 1.95. The van der Waals surface area contributed by atoms with Crippen LogP contribution in [0.1, 0.15) is 6.92 Å². The number of likely N-dealkylation sites (N-methyl/N-ethyl adjacent to an activating group) is 1. The third-order valence-electron chi connectivity index (χ3n) is 1.12. The molecule has 66 valence electrons. The van der Waals surface area contributed by atoms with E-state index in [4.69, 9.17) is 5.73 Å². The van der Waals surface area contributed by atoms with Gasteiger partial charge in [-0.1, -0.05) is 12.7 Å². The van der Waals surface area contributed by atoms with Crippen molar-refractivity contribution in [1.29, 1.82) is 0 Å². The molecule has 0 saturated carbocycles. The Hall–Kier alpha value is -1.58. The summed E-state index contributed by atoms with van der Waals surface area (Å²) in [4.78, 5) is 14.8. The maximum atomic E-state index is 11.0. The summed E-state index contributed by atoms with van der Waals surface area (Å²) in [5.74, 6) is 0.174. The van der Waals surface area contributed by atoms with Crippen LogP contribution < -0.4 is 11.1 Å². The second-order valence-electron chi connectivity index (χ2n) is 2.14. The molecule has 0 unspecified atom stereocenters. The fourth-order valence-corrected chi connectivity index (χ4v) is 0.520. The molecule has 0 heterocycles. The molecule has 0 saturated heterocycles. The maximum Gasteiger partial charge on any atom is 0.252 e. The normalized spacial score (nSPS) is 12.5. The van der Waals surface area contributed by atoms with Gasteiger partial charge in [0.2, 0.25) is 0 Å². The van der Waals surface area contributed by atoms with Crippen molar-refractivity contribution in [1.82, 2.24) is 5.32 Å². The summed E-state index contributed by atoms with van der Waals surface area (Å²) in [6.07, 6.45) is 2.80. The number of aliphatic imine (C=N–C) groups is 1. The number of nitrogens with two attached hydrogens (primary N) is 1. The minimum atomic E-state index is -0.227. The van der Waals surface area contributed by atoms with Gasteiger partial charge in [0.1, 0.15) is 0 Å². The van der Waals surface area contributed by atoms with Crippen LogP contribution in [0, 0.1) is 0 Å². The fourth-order valence-electron chi connectivity index (χ4n) is 0.520. The van der Waals surface area contributed by atoms with Crippen molar-refractivity contribution in [3.05, 3.63) is 24.4 Å². The van der Waals surface area contributed by atoms with Crippen molar-refractivity contribution < 1.29 is 4.79 Å². The third kappa shape index (κ3) is 3.55. The first-order valence-corrected chi connectivity index (χ1v) is 3.46. The topological polar surface area (TPSA) is 67.5 Å². The molecule has 4 heteroatoms. The lowest BCUT2D eigenvalue weighted by molar-refractivity contribution is -0.116. The van der Waals surface area contributed by atoms with E-state index < -0.39 is 0 Å². The molecular formula is C8H13N3O. The number of amides is 1. The molecular weight excluding hydrogens is 154 g/mol. The number of amidine groups is 1. The molecule has 0 spiro atoms. The van der Waals surface area contributed by atoms with Crippen LogP contribution >= 0.6 is 0 Å². The zero-order chi connectivity index (χ0) is 9.56. The lowest BCUT2D eigenvalue weighted by Gasteiger charge is -1.96. The van der Waals surface area contributed by atoms with Gasteiger partial charge in [-0.05, 0) is 6.92 Å². The summed E-state index contributed by atoms with van der Waals surface area (Å²) in [6, 6.07) is 0. The molecule has 0 aliphatic rings. The van der Waals surface area contributed by atoms with E-state index in [1.165, 1.54) is 12.3 Å². The predicted octanol–water partition coefficient (Wildman–Crippen LogP) is 0.179. The van der Waals surface area contributed by atoms with E-state index >= 15 is 0 Å². The molecule has 0 aromatic carbocycles. The summed E-state index contributed by atoms with van der Waals surface area (Å²) in [6.45, 7) is 5.11. The predicted molar refractivity (Wildman–Crippen MR) is 49.6 cm³/mol. The monoisotopic (exact) mass is 167 g/mol. The Morgan fingerprint density at radius 1 is 1.67 bits per heavy atom. The second kappa shape index (κ2) is 5.12.